The number of hydrogen-bond donors (Lipinski definition) is 0. The molecule has 3 nitrogen and oxygen atoms in total. The zero-order valence-electron chi connectivity index (χ0n) is 11.4. The highest BCUT2D eigenvalue weighted by Crippen LogP contribution is 2.28. The molecule has 0 aliphatic rings. The minimum absolute atomic E-state index is 0.0122. The zero-order chi connectivity index (χ0) is 13.7. The number of carbonyl (C=O) groups excluding carboxylic acids is 1. The van der Waals surface area contributed by atoms with Gasteiger partial charge in [0.25, 0.3) is 0 Å². The highest BCUT2D eigenvalue weighted by atomic mass is 35.5. The van der Waals surface area contributed by atoms with E-state index >= 15 is 0 Å². The molecule has 0 unspecified atom stereocenters. The first-order valence-electron chi connectivity index (χ1n) is 6.24. The Morgan fingerprint density at radius 3 is 2.56 bits per heavy atom. The Hall–Kier alpha value is -1.09. The predicted octanol–water partition coefficient (Wildman–Crippen LogP) is 4.00. The number of aromatic nitrogens is 1. The van der Waals surface area contributed by atoms with Crippen LogP contribution in [0.2, 0.25) is 5.02 Å². The van der Waals surface area contributed by atoms with E-state index in [0.717, 1.165) is 6.42 Å². The van der Waals surface area contributed by atoms with E-state index in [1.165, 1.54) is 6.20 Å². The van der Waals surface area contributed by atoms with Gasteiger partial charge in [0.05, 0.1) is 23.4 Å². The average molecular weight is 270 g/mol. The Bertz CT molecular complexity index is 416. The van der Waals surface area contributed by atoms with Crippen molar-refractivity contribution in [3.05, 3.63) is 23.0 Å². The SMILES string of the molecule is CC(C)CCOc1cncc(C(=O)C(C)C)c1Cl. The van der Waals surface area contributed by atoms with Gasteiger partial charge in [0, 0.05) is 12.1 Å². The van der Waals surface area contributed by atoms with E-state index in [-0.39, 0.29) is 11.7 Å². The maximum absolute atomic E-state index is 11.9. The number of nitrogens with zero attached hydrogens (tertiary/aromatic N) is 1. The fourth-order valence-corrected chi connectivity index (χ4v) is 1.66. The highest BCUT2D eigenvalue weighted by molar-refractivity contribution is 6.35. The molecule has 4 heteroatoms. The minimum Gasteiger partial charge on any atom is -0.490 e. The molecular weight excluding hydrogens is 250 g/mol. The first-order chi connectivity index (χ1) is 8.43. The van der Waals surface area contributed by atoms with Crippen LogP contribution in [0.25, 0.3) is 0 Å². The smallest absolute Gasteiger partial charge is 0.168 e. The standard InChI is InChI=1S/C14H20ClNO2/c1-9(2)5-6-18-12-8-16-7-11(13(12)15)14(17)10(3)4/h7-10H,5-6H2,1-4H3. The Balaban J connectivity index is 2.82. The first kappa shape index (κ1) is 15.0. The number of rotatable bonds is 6. The molecule has 18 heavy (non-hydrogen) atoms. The van der Waals surface area contributed by atoms with Crippen LogP contribution in [0.4, 0.5) is 0 Å². The van der Waals surface area contributed by atoms with E-state index in [0.29, 0.717) is 28.9 Å². The normalized spacial score (nSPS) is 11.1. The lowest BCUT2D eigenvalue weighted by molar-refractivity contribution is 0.0938. The van der Waals surface area contributed by atoms with Crippen LogP contribution in [-0.4, -0.2) is 17.4 Å². The summed E-state index contributed by atoms with van der Waals surface area (Å²) in [6.45, 7) is 8.51. The molecule has 0 saturated heterocycles. The van der Waals surface area contributed by atoms with E-state index in [4.69, 9.17) is 16.3 Å². The summed E-state index contributed by atoms with van der Waals surface area (Å²) in [5.41, 5.74) is 0.439. The average Bonchev–Trinajstić information content (AvgIpc) is 2.30. The van der Waals surface area contributed by atoms with Gasteiger partial charge < -0.3 is 4.74 Å². The van der Waals surface area contributed by atoms with E-state index < -0.39 is 0 Å². The number of ether oxygens (including phenoxy) is 1. The number of hydrogen-bond acceptors (Lipinski definition) is 3. The van der Waals surface area contributed by atoms with Crippen molar-refractivity contribution in [1.29, 1.82) is 0 Å². The number of pyridine rings is 1. The third-order valence-electron chi connectivity index (χ3n) is 2.59. The Morgan fingerprint density at radius 1 is 1.33 bits per heavy atom. The van der Waals surface area contributed by atoms with E-state index in [9.17, 15) is 4.79 Å². The molecule has 0 bridgehead atoms. The fourth-order valence-electron chi connectivity index (χ4n) is 1.41. The second kappa shape index (κ2) is 6.74. The van der Waals surface area contributed by atoms with Crippen LogP contribution in [0, 0.1) is 11.8 Å². The topological polar surface area (TPSA) is 39.2 Å². The van der Waals surface area contributed by atoms with Gasteiger partial charge >= 0.3 is 0 Å². The van der Waals surface area contributed by atoms with E-state index in [1.54, 1.807) is 6.20 Å². The van der Waals surface area contributed by atoms with Crippen LogP contribution in [-0.2, 0) is 0 Å². The third-order valence-corrected chi connectivity index (χ3v) is 2.98. The van der Waals surface area contributed by atoms with Gasteiger partial charge in [0.1, 0.15) is 0 Å². The molecule has 0 aromatic carbocycles. The van der Waals surface area contributed by atoms with Gasteiger partial charge in [0.15, 0.2) is 11.5 Å². The van der Waals surface area contributed by atoms with Crippen molar-refractivity contribution < 1.29 is 9.53 Å². The Morgan fingerprint density at radius 2 is 2.00 bits per heavy atom. The molecule has 1 heterocycles. The molecule has 0 atom stereocenters. The maximum Gasteiger partial charge on any atom is 0.168 e. The predicted molar refractivity (Wildman–Crippen MR) is 73.4 cm³/mol. The molecule has 0 spiro atoms. The monoisotopic (exact) mass is 269 g/mol. The van der Waals surface area contributed by atoms with Crippen LogP contribution in [0.1, 0.15) is 44.5 Å². The van der Waals surface area contributed by atoms with Gasteiger partial charge in [-0.15, -0.1) is 0 Å². The molecule has 0 radical (unpaired) electrons. The van der Waals surface area contributed by atoms with E-state index in [1.807, 2.05) is 13.8 Å². The van der Waals surface area contributed by atoms with Crippen LogP contribution in [0.3, 0.4) is 0 Å². The van der Waals surface area contributed by atoms with Crippen LogP contribution < -0.4 is 4.74 Å². The third kappa shape index (κ3) is 3.98. The maximum atomic E-state index is 11.9. The van der Waals surface area contributed by atoms with Crippen LogP contribution >= 0.6 is 11.6 Å². The first-order valence-corrected chi connectivity index (χ1v) is 6.61. The molecule has 1 aromatic heterocycles. The van der Waals surface area contributed by atoms with E-state index in [2.05, 4.69) is 18.8 Å². The molecule has 0 fully saturated rings. The molecule has 100 valence electrons. The summed E-state index contributed by atoms with van der Waals surface area (Å²) >= 11 is 6.18. The molecule has 0 amide bonds. The number of ketones is 1. The Kier molecular flexibility index (Phi) is 5.60. The summed E-state index contributed by atoms with van der Waals surface area (Å²) in [6.07, 6.45) is 4.00. The number of Topliss-reactive ketones (excluding diaryl/α,β-unsaturated/α-hetero) is 1. The summed E-state index contributed by atoms with van der Waals surface area (Å²) in [7, 11) is 0. The molecule has 1 aromatic rings. The second-order valence-electron chi connectivity index (χ2n) is 5.05. The minimum atomic E-state index is -0.102. The van der Waals surface area contributed by atoms with Crippen molar-refractivity contribution in [1.82, 2.24) is 4.98 Å². The van der Waals surface area contributed by atoms with Crippen LogP contribution in [0.15, 0.2) is 12.4 Å². The molecular formula is C14H20ClNO2. The van der Waals surface area contributed by atoms with Gasteiger partial charge in [-0.3, -0.25) is 9.78 Å². The summed E-state index contributed by atoms with van der Waals surface area (Å²) in [5, 5.41) is 0.368. The second-order valence-corrected chi connectivity index (χ2v) is 5.43. The van der Waals surface area contributed by atoms with Gasteiger partial charge in [0.2, 0.25) is 0 Å². The van der Waals surface area contributed by atoms with Crippen molar-refractivity contribution in [2.45, 2.75) is 34.1 Å². The highest BCUT2D eigenvalue weighted by Gasteiger charge is 2.17. The van der Waals surface area contributed by atoms with Gasteiger partial charge in [-0.25, -0.2) is 0 Å². The molecule has 0 aliphatic carbocycles. The lowest BCUT2D eigenvalue weighted by atomic mass is 10.0. The number of carbonyl (C=O) groups is 1. The summed E-state index contributed by atoms with van der Waals surface area (Å²) in [4.78, 5) is 15.9. The fraction of sp³-hybridized carbons (Fsp3) is 0.571. The quantitative estimate of drug-likeness (QED) is 0.733. The van der Waals surface area contributed by atoms with Gasteiger partial charge in [-0.05, 0) is 12.3 Å². The van der Waals surface area contributed by atoms with Crippen LogP contribution in [0.5, 0.6) is 5.75 Å². The van der Waals surface area contributed by atoms with Crippen molar-refractivity contribution in [2.75, 3.05) is 6.61 Å². The molecule has 0 saturated carbocycles. The lowest BCUT2D eigenvalue weighted by Gasteiger charge is -2.12. The largest absolute Gasteiger partial charge is 0.490 e. The van der Waals surface area contributed by atoms with Gasteiger partial charge in [-0.1, -0.05) is 39.3 Å². The van der Waals surface area contributed by atoms with Crippen molar-refractivity contribution in [3.8, 4) is 5.75 Å². The number of halogens is 1. The molecule has 1 rings (SSSR count). The molecule has 0 aliphatic heterocycles. The van der Waals surface area contributed by atoms with Crippen molar-refractivity contribution >= 4 is 17.4 Å². The summed E-state index contributed by atoms with van der Waals surface area (Å²) in [5.74, 6) is 0.943. The lowest BCUT2D eigenvalue weighted by Crippen LogP contribution is -2.10. The Labute approximate surface area is 114 Å². The van der Waals surface area contributed by atoms with Crippen molar-refractivity contribution in [2.24, 2.45) is 11.8 Å². The summed E-state index contributed by atoms with van der Waals surface area (Å²) < 4.78 is 5.57. The van der Waals surface area contributed by atoms with Gasteiger partial charge in [-0.2, -0.15) is 0 Å². The molecule has 0 N–H and O–H groups in total. The summed E-state index contributed by atoms with van der Waals surface area (Å²) in [6, 6.07) is 0. The zero-order valence-corrected chi connectivity index (χ0v) is 12.1. The van der Waals surface area contributed by atoms with Crippen molar-refractivity contribution in [3.63, 3.8) is 0 Å².